The van der Waals surface area contributed by atoms with E-state index in [1.807, 2.05) is 0 Å². The van der Waals surface area contributed by atoms with Crippen LogP contribution in [-0.2, 0) is 0 Å². The van der Waals surface area contributed by atoms with E-state index < -0.39 is 0 Å². The minimum absolute atomic E-state index is 0.578. The molecule has 2 rings (SSSR count). The monoisotopic (exact) mass is 200 g/mol. The Morgan fingerprint density at radius 3 is 2.58 bits per heavy atom. The zero-order valence-corrected chi connectivity index (χ0v) is 7.51. The van der Waals surface area contributed by atoms with Crippen molar-refractivity contribution >= 4 is 27.9 Å². The molecule has 4 nitrogen and oxygen atoms in total. The lowest BCUT2D eigenvalue weighted by molar-refractivity contribution is 0.765. The number of aromatic nitrogens is 3. The zero-order valence-electron chi connectivity index (χ0n) is 5.94. The normalized spacial score (nSPS) is 10.4. The van der Waals surface area contributed by atoms with Crippen molar-refractivity contribution in [2.24, 2.45) is 0 Å². The molecule has 0 saturated carbocycles. The van der Waals surface area contributed by atoms with Crippen LogP contribution in [0.25, 0.3) is 5.00 Å². The molecule has 2 aromatic rings. The van der Waals surface area contributed by atoms with Crippen LogP contribution in [0, 0.1) is 0 Å². The van der Waals surface area contributed by atoms with Crippen LogP contribution in [0.3, 0.4) is 0 Å². The van der Waals surface area contributed by atoms with Gasteiger partial charge in [0.05, 0.1) is 22.4 Å². The first kappa shape index (κ1) is 7.57. The van der Waals surface area contributed by atoms with Gasteiger partial charge in [0.1, 0.15) is 0 Å². The molecule has 0 saturated heterocycles. The Morgan fingerprint density at radius 1 is 1.42 bits per heavy atom. The first-order chi connectivity index (χ1) is 5.77. The molecule has 2 heterocycles. The molecule has 12 heavy (non-hydrogen) atoms. The second kappa shape index (κ2) is 2.76. The fourth-order valence-electron chi connectivity index (χ4n) is 0.833. The van der Waals surface area contributed by atoms with E-state index in [4.69, 9.17) is 17.3 Å². The van der Waals surface area contributed by atoms with Crippen LogP contribution in [0.4, 0.5) is 5.00 Å². The number of nitrogens with zero attached hydrogens (tertiary/aromatic N) is 3. The summed E-state index contributed by atoms with van der Waals surface area (Å²) in [5.74, 6) is 0. The van der Waals surface area contributed by atoms with Crippen LogP contribution in [0.5, 0.6) is 0 Å². The molecule has 62 valence electrons. The maximum absolute atomic E-state index is 5.87. The molecule has 2 aromatic heterocycles. The lowest BCUT2D eigenvalue weighted by Gasteiger charge is -1.92. The third kappa shape index (κ3) is 1.17. The third-order valence-electron chi connectivity index (χ3n) is 1.29. The standard InChI is InChI=1S/C6H5ClN4S/c7-4-3-5(8)12-6(4)11-9-1-2-10-11/h1-3H,8H2. The summed E-state index contributed by atoms with van der Waals surface area (Å²) in [4.78, 5) is 1.45. The van der Waals surface area contributed by atoms with E-state index in [9.17, 15) is 0 Å². The highest BCUT2D eigenvalue weighted by Gasteiger charge is 2.07. The molecule has 2 N–H and O–H groups in total. The van der Waals surface area contributed by atoms with E-state index in [2.05, 4.69) is 10.2 Å². The van der Waals surface area contributed by atoms with Gasteiger partial charge >= 0.3 is 0 Å². The molecule has 0 aliphatic heterocycles. The summed E-state index contributed by atoms with van der Waals surface area (Å²) < 4.78 is 0. The fraction of sp³-hybridized carbons (Fsp3) is 0. The summed E-state index contributed by atoms with van der Waals surface area (Å²) in [7, 11) is 0. The SMILES string of the molecule is Nc1cc(Cl)c(-n2nccn2)s1. The highest BCUT2D eigenvalue weighted by molar-refractivity contribution is 7.18. The molecule has 0 bridgehead atoms. The van der Waals surface area contributed by atoms with E-state index in [0.717, 1.165) is 5.00 Å². The first-order valence-corrected chi connectivity index (χ1v) is 4.38. The van der Waals surface area contributed by atoms with E-state index in [1.165, 1.54) is 16.1 Å². The average Bonchev–Trinajstić information content (AvgIpc) is 2.58. The number of anilines is 1. The molecule has 0 aliphatic carbocycles. The number of thiophene rings is 1. The third-order valence-corrected chi connectivity index (χ3v) is 2.62. The molecule has 0 aromatic carbocycles. The zero-order chi connectivity index (χ0) is 8.55. The van der Waals surface area contributed by atoms with Gasteiger partial charge in [-0.1, -0.05) is 22.9 Å². The van der Waals surface area contributed by atoms with Crippen molar-refractivity contribution in [3.05, 3.63) is 23.5 Å². The summed E-state index contributed by atoms with van der Waals surface area (Å²) in [6.07, 6.45) is 3.18. The van der Waals surface area contributed by atoms with Crippen molar-refractivity contribution in [2.45, 2.75) is 0 Å². The van der Waals surface area contributed by atoms with E-state index >= 15 is 0 Å². The van der Waals surface area contributed by atoms with Crippen LogP contribution in [0.2, 0.25) is 5.02 Å². The molecule has 0 fully saturated rings. The van der Waals surface area contributed by atoms with Crippen LogP contribution in [0.1, 0.15) is 0 Å². The molecule has 0 amide bonds. The van der Waals surface area contributed by atoms with Crippen molar-refractivity contribution < 1.29 is 0 Å². The predicted molar refractivity (Wildman–Crippen MR) is 48.7 cm³/mol. The smallest absolute Gasteiger partial charge is 0.159 e. The molecule has 0 atom stereocenters. The van der Waals surface area contributed by atoms with Crippen molar-refractivity contribution in [3.8, 4) is 5.00 Å². The van der Waals surface area contributed by atoms with E-state index in [0.29, 0.717) is 10.0 Å². The summed E-state index contributed by atoms with van der Waals surface area (Å²) in [6.45, 7) is 0. The molecule has 0 aliphatic rings. The Bertz CT molecular complexity index is 380. The molecule has 0 unspecified atom stereocenters. The topological polar surface area (TPSA) is 56.7 Å². The Balaban J connectivity index is 2.54. The van der Waals surface area contributed by atoms with Crippen molar-refractivity contribution in [2.75, 3.05) is 5.73 Å². The van der Waals surface area contributed by atoms with Gasteiger partial charge < -0.3 is 5.73 Å². The minimum atomic E-state index is 0.578. The highest BCUT2D eigenvalue weighted by Crippen LogP contribution is 2.30. The van der Waals surface area contributed by atoms with Crippen LogP contribution in [-0.4, -0.2) is 15.0 Å². The molecule has 0 spiro atoms. The molecular weight excluding hydrogens is 196 g/mol. The van der Waals surface area contributed by atoms with Crippen LogP contribution in [0.15, 0.2) is 18.5 Å². The Labute approximate surface area is 77.6 Å². The van der Waals surface area contributed by atoms with Gasteiger partial charge in [-0.15, -0.1) is 4.80 Å². The number of nitrogens with two attached hydrogens (primary N) is 1. The van der Waals surface area contributed by atoms with Gasteiger partial charge in [-0.3, -0.25) is 0 Å². The molecule has 6 heteroatoms. The molecule has 0 radical (unpaired) electrons. The van der Waals surface area contributed by atoms with Crippen LogP contribution < -0.4 is 5.73 Å². The highest BCUT2D eigenvalue weighted by atomic mass is 35.5. The maximum Gasteiger partial charge on any atom is 0.159 e. The average molecular weight is 201 g/mol. The maximum atomic E-state index is 5.87. The van der Waals surface area contributed by atoms with Gasteiger partial charge in [0.2, 0.25) is 0 Å². The van der Waals surface area contributed by atoms with E-state index in [1.54, 1.807) is 18.5 Å². The number of halogens is 1. The van der Waals surface area contributed by atoms with Gasteiger partial charge in [0, 0.05) is 0 Å². The molecular formula is C6H5ClN4S. The van der Waals surface area contributed by atoms with Crippen LogP contribution >= 0.6 is 22.9 Å². The van der Waals surface area contributed by atoms with Crippen molar-refractivity contribution in [3.63, 3.8) is 0 Å². The number of hydrogen-bond donors (Lipinski definition) is 1. The second-order valence-corrected chi connectivity index (χ2v) is 3.59. The van der Waals surface area contributed by atoms with Crippen molar-refractivity contribution in [1.29, 1.82) is 0 Å². The minimum Gasteiger partial charge on any atom is -0.390 e. The number of rotatable bonds is 1. The summed E-state index contributed by atoms with van der Waals surface area (Å²) in [6, 6.07) is 1.69. The quantitative estimate of drug-likeness (QED) is 0.760. The summed E-state index contributed by atoms with van der Waals surface area (Å²) in [5, 5.41) is 9.86. The van der Waals surface area contributed by atoms with Gasteiger partial charge in [0.25, 0.3) is 0 Å². The lowest BCUT2D eigenvalue weighted by Crippen LogP contribution is -1.95. The Morgan fingerprint density at radius 2 is 2.08 bits per heavy atom. The first-order valence-electron chi connectivity index (χ1n) is 3.19. The largest absolute Gasteiger partial charge is 0.390 e. The van der Waals surface area contributed by atoms with Crippen molar-refractivity contribution in [1.82, 2.24) is 15.0 Å². The van der Waals surface area contributed by atoms with Gasteiger partial charge in [-0.2, -0.15) is 10.2 Å². The van der Waals surface area contributed by atoms with E-state index in [-0.39, 0.29) is 0 Å². The second-order valence-electron chi connectivity index (χ2n) is 2.12. The van der Waals surface area contributed by atoms with Gasteiger partial charge in [-0.05, 0) is 6.07 Å². The van der Waals surface area contributed by atoms with Gasteiger partial charge in [0.15, 0.2) is 5.00 Å². The predicted octanol–water partition coefficient (Wildman–Crippen LogP) is 1.56. The number of nitrogen functional groups attached to an aromatic ring is 1. The number of hydrogen-bond acceptors (Lipinski definition) is 4. The summed E-state index contributed by atoms with van der Waals surface area (Å²) >= 11 is 7.22. The Kier molecular flexibility index (Phi) is 1.74. The summed E-state index contributed by atoms with van der Waals surface area (Å²) in [5.41, 5.74) is 5.55. The van der Waals surface area contributed by atoms with Gasteiger partial charge in [-0.25, -0.2) is 0 Å². The fourth-order valence-corrected chi connectivity index (χ4v) is 1.94. The Hall–Kier alpha value is -1.07. The lowest BCUT2D eigenvalue weighted by atomic mass is 10.6.